The van der Waals surface area contributed by atoms with Crippen LogP contribution < -0.4 is 19.9 Å². The average molecular weight is 497 g/mol. The van der Waals surface area contributed by atoms with E-state index in [-0.39, 0.29) is 17.3 Å². The Morgan fingerprint density at radius 3 is 2.25 bits per heavy atom. The number of methoxy groups -OCH3 is 1. The van der Waals surface area contributed by atoms with E-state index in [0.717, 1.165) is 23.1 Å². The summed E-state index contributed by atoms with van der Waals surface area (Å²) in [4.78, 5) is 0.114. The van der Waals surface area contributed by atoms with Crippen LogP contribution in [0.5, 0.6) is 11.5 Å². The average Bonchev–Trinajstić information content (AvgIpc) is 2.76. The predicted octanol–water partition coefficient (Wildman–Crippen LogP) is 4.33. The molecule has 0 radical (unpaired) electrons. The quantitative estimate of drug-likeness (QED) is 0.407. The lowest BCUT2D eigenvalue weighted by atomic mass is 10.1. The highest BCUT2D eigenvalue weighted by molar-refractivity contribution is 7.89. The van der Waals surface area contributed by atoms with E-state index in [9.17, 15) is 8.42 Å². The second-order valence-corrected chi connectivity index (χ2v) is 8.98. The third kappa shape index (κ3) is 7.39. The number of para-hydroxylation sites is 1. The molecule has 6 nitrogen and oxygen atoms in total. The molecule has 3 N–H and O–H groups in total. The summed E-state index contributed by atoms with van der Waals surface area (Å²) < 4.78 is 34.2. The van der Waals surface area contributed by atoms with Crippen molar-refractivity contribution < 1.29 is 17.9 Å². The number of hydrogen-bond acceptors (Lipinski definition) is 5. The molecule has 0 unspecified atom stereocenters. The Hall–Kier alpha value is -2.29. The van der Waals surface area contributed by atoms with E-state index in [1.165, 1.54) is 12.1 Å². The van der Waals surface area contributed by atoms with E-state index in [2.05, 4.69) is 5.32 Å². The molecule has 172 valence electrons. The number of halogens is 2. The zero-order chi connectivity index (χ0) is 22.3. The van der Waals surface area contributed by atoms with Crippen LogP contribution in [0.1, 0.15) is 16.7 Å². The van der Waals surface area contributed by atoms with Crippen molar-refractivity contribution in [3.63, 3.8) is 0 Å². The normalized spacial score (nSPS) is 11.0. The SMILES string of the molecule is COc1cccc(CNCCc2ccc(S(N)(=O)=O)cc2)c1OCc1ccc(Cl)cc1.Cl. The maximum atomic E-state index is 11.3. The van der Waals surface area contributed by atoms with Crippen molar-refractivity contribution in [3.8, 4) is 11.5 Å². The van der Waals surface area contributed by atoms with Crippen LogP contribution in [0.15, 0.2) is 71.6 Å². The van der Waals surface area contributed by atoms with Crippen LogP contribution in [0.2, 0.25) is 5.02 Å². The van der Waals surface area contributed by atoms with Crippen molar-refractivity contribution in [2.24, 2.45) is 5.14 Å². The van der Waals surface area contributed by atoms with Gasteiger partial charge in [-0.1, -0.05) is 48.0 Å². The minimum absolute atomic E-state index is 0. The Bertz CT molecular complexity index is 1110. The molecular formula is C23H26Cl2N2O4S. The van der Waals surface area contributed by atoms with Gasteiger partial charge in [-0.25, -0.2) is 13.6 Å². The Balaban J connectivity index is 0.00000363. The van der Waals surface area contributed by atoms with Crippen molar-refractivity contribution in [1.82, 2.24) is 5.32 Å². The first kappa shape index (κ1) is 26.0. The maximum Gasteiger partial charge on any atom is 0.238 e. The van der Waals surface area contributed by atoms with E-state index in [4.69, 9.17) is 26.2 Å². The zero-order valence-corrected chi connectivity index (χ0v) is 20.0. The second-order valence-electron chi connectivity index (χ2n) is 6.98. The number of sulfonamides is 1. The lowest BCUT2D eigenvalue weighted by Gasteiger charge is -2.16. The second kappa shape index (κ2) is 12.1. The van der Waals surface area contributed by atoms with Crippen LogP contribution >= 0.6 is 24.0 Å². The van der Waals surface area contributed by atoms with Gasteiger partial charge in [0.25, 0.3) is 0 Å². The van der Waals surface area contributed by atoms with E-state index >= 15 is 0 Å². The molecule has 32 heavy (non-hydrogen) atoms. The van der Waals surface area contributed by atoms with E-state index in [1.807, 2.05) is 42.5 Å². The molecule has 0 heterocycles. The Morgan fingerprint density at radius 2 is 1.62 bits per heavy atom. The molecule has 0 saturated carbocycles. The number of rotatable bonds is 10. The molecule has 0 aliphatic heterocycles. The zero-order valence-electron chi connectivity index (χ0n) is 17.6. The van der Waals surface area contributed by atoms with Gasteiger partial charge in [0.2, 0.25) is 10.0 Å². The maximum absolute atomic E-state index is 11.3. The Kier molecular flexibility index (Phi) is 9.81. The van der Waals surface area contributed by atoms with Crippen LogP contribution in [-0.4, -0.2) is 22.1 Å². The van der Waals surface area contributed by atoms with Crippen LogP contribution in [0, 0.1) is 0 Å². The number of primary sulfonamides is 1. The molecular weight excluding hydrogens is 471 g/mol. The first-order valence-electron chi connectivity index (χ1n) is 9.72. The predicted molar refractivity (Wildman–Crippen MR) is 129 cm³/mol. The van der Waals surface area contributed by atoms with E-state index in [0.29, 0.717) is 36.2 Å². The molecule has 0 amide bonds. The number of ether oxygens (including phenoxy) is 2. The molecule has 3 rings (SSSR count). The van der Waals surface area contributed by atoms with Crippen LogP contribution in [0.25, 0.3) is 0 Å². The Labute approximate surface area is 200 Å². The standard InChI is InChI=1S/C23H25ClN2O4S.ClH/c1-29-22-4-2-3-19(23(22)30-16-18-5-9-20(24)10-6-18)15-26-14-13-17-7-11-21(12-8-17)31(25,27)28;/h2-12,26H,13-16H2,1H3,(H2,25,27,28);1H. The van der Waals surface area contributed by atoms with Gasteiger partial charge >= 0.3 is 0 Å². The van der Waals surface area contributed by atoms with Crippen LogP contribution in [0.4, 0.5) is 0 Å². The molecule has 0 saturated heterocycles. The fourth-order valence-electron chi connectivity index (χ4n) is 3.06. The van der Waals surface area contributed by atoms with Crippen molar-refractivity contribution in [2.75, 3.05) is 13.7 Å². The van der Waals surface area contributed by atoms with Gasteiger partial charge in [-0.3, -0.25) is 0 Å². The van der Waals surface area contributed by atoms with Crippen molar-refractivity contribution in [3.05, 3.63) is 88.4 Å². The van der Waals surface area contributed by atoms with E-state index in [1.54, 1.807) is 19.2 Å². The summed E-state index contributed by atoms with van der Waals surface area (Å²) in [7, 11) is -2.05. The molecule has 0 aliphatic carbocycles. The number of nitrogens with two attached hydrogens (primary N) is 1. The minimum Gasteiger partial charge on any atom is -0.493 e. The highest BCUT2D eigenvalue weighted by Gasteiger charge is 2.11. The van der Waals surface area contributed by atoms with Gasteiger partial charge < -0.3 is 14.8 Å². The molecule has 0 bridgehead atoms. The molecule has 0 aromatic heterocycles. The highest BCUT2D eigenvalue weighted by Crippen LogP contribution is 2.32. The Morgan fingerprint density at radius 1 is 0.969 bits per heavy atom. The molecule has 0 atom stereocenters. The van der Waals surface area contributed by atoms with Gasteiger partial charge in [0.15, 0.2) is 11.5 Å². The summed E-state index contributed by atoms with van der Waals surface area (Å²) in [5.74, 6) is 1.37. The fraction of sp³-hybridized carbons (Fsp3) is 0.217. The van der Waals surface area contributed by atoms with Crippen molar-refractivity contribution >= 4 is 34.0 Å². The third-order valence-electron chi connectivity index (χ3n) is 4.73. The summed E-state index contributed by atoms with van der Waals surface area (Å²) in [6.45, 7) is 1.71. The summed E-state index contributed by atoms with van der Waals surface area (Å²) in [6, 6.07) is 19.9. The summed E-state index contributed by atoms with van der Waals surface area (Å²) in [6.07, 6.45) is 0.746. The van der Waals surface area contributed by atoms with Gasteiger partial charge in [0.1, 0.15) is 6.61 Å². The highest BCUT2D eigenvalue weighted by atomic mass is 35.5. The molecule has 3 aromatic rings. The van der Waals surface area contributed by atoms with Crippen LogP contribution in [-0.2, 0) is 29.6 Å². The van der Waals surface area contributed by atoms with Crippen molar-refractivity contribution in [1.29, 1.82) is 0 Å². The molecule has 0 fully saturated rings. The van der Waals surface area contributed by atoms with Gasteiger partial charge in [-0.15, -0.1) is 12.4 Å². The molecule has 3 aromatic carbocycles. The monoisotopic (exact) mass is 496 g/mol. The number of nitrogens with one attached hydrogen (secondary N) is 1. The van der Waals surface area contributed by atoms with Gasteiger partial charge in [0, 0.05) is 17.1 Å². The summed E-state index contributed by atoms with van der Waals surface area (Å²) >= 11 is 5.94. The lowest BCUT2D eigenvalue weighted by Crippen LogP contribution is -2.17. The molecule has 0 spiro atoms. The van der Waals surface area contributed by atoms with Gasteiger partial charge in [-0.2, -0.15) is 0 Å². The first-order chi connectivity index (χ1) is 14.9. The topological polar surface area (TPSA) is 90.6 Å². The molecule has 9 heteroatoms. The lowest BCUT2D eigenvalue weighted by molar-refractivity contribution is 0.280. The van der Waals surface area contributed by atoms with E-state index < -0.39 is 10.0 Å². The summed E-state index contributed by atoms with van der Waals surface area (Å²) in [5, 5.41) is 9.21. The van der Waals surface area contributed by atoms with Gasteiger partial charge in [0.05, 0.1) is 12.0 Å². The van der Waals surface area contributed by atoms with Crippen LogP contribution in [0.3, 0.4) is 0 Å². The number of hydrogen-bond donors (Lipinski definition) is 2. The minimum atomic E-state index is -3.67. The largest absolute Gasteiger partial charge is 0.493 e. The first-order valence-corrected chi connectivity index (χ1v) is 11.6. The fourth-order valence-corrected chi connectivity index (χ4v) is 3.70. The number of benzene rings is 3. The van der Waals surface area contributed by atoms with Gasteiger partial charge in [-0.05, 0) is 54.4 Å². The summed E-state index contributed by atoms with van der Waals surface area (Å²) in [5.41, 5.74) is 3.01. The van der Waals surface area contributed by atoms with Crippen molar-refractivity contribution in [2.45, 2.75) is 24.5 Å². The molecule has 0 aliphatic rings. The smallest absolute Gasteiger partial charge is 0.238 e. The third-order valence-corrected chi connectivity index (χ3v) is 5.92.